The first-order chi connectivity index (χ1) is 8.31. The van der Waals surface area contributed by atoms with Crippen LogP contribution in [-0.4, -0.2) is 36.8 Å². The maximum Gasteiger partial charge on any atom is 0.134 e. The molecule has 17 heavy (non-hydrogen) atoms. The highest BCUT2D eigenvalue weighted by Gasteiger charge is 2.06. The summed E-state index contributed by atoms with van der Waals surface area (Å²) in [5, 5.41) is 9.98. The van der Waals surface area contributed by atoms with Crippen LogP contribution in [-0.2, 0) is 6.42 Å². The fourth-order valence-electron chi connectivity index (χ4n) is 1.99. The van der Waals surface area contributed by atoms with Crippen molar-refractivity contribution in [2.24, 2.45) is 0 Å². The van der Waals surface area contributed by atoms with E-state index in [1.807, 2.05) is 24.5 Å². The van der Waals surface area contributed by atoms with E-state index in [2.05, 4.69) is 18.0 Å². The predicted molar refractivity (Wildman–Crippen MR) is 69.1 cm³/mol. The molecule has 1 N–H and O–H groups in total. The van der Waals surface area contributed by atoms with Gasteiger partial charge < -0.3 is 14.4 Å². The topological polar surface area (TPSA) is 36.6 Å². The van der Waals surface area contributed by atoms with E-state index >= 15 is 0 Å². The van der Waals surface area contributed by atoms with Gasteiger partial charge in [-0.3, -0.25) is 0 Å². The minimum absolute atomic E-state index is 0.263. The first-order valence-electron chi connectivity index (χ1n) is 6.06. The molecule has 0 unspecified atom stereocenters. The normalized spacial score (nSPS) is 11.5. The lowest BCUT2D eigenvalue weighted by Crippen LogP contribution is -2.23. The number of para-hydroxylation sites is 1. The summed E-state index contributed by atoms with van der Waals surface area (Å²) >= 11 is 0. The fraction of sp³-hybridized carbons (Fsp3) is 0.429. The molecule has 0 fully saturated rings. The number of nitrogens with zero attached hydrogens (tertiary/aromatic N) is 1. The largest absolute Gasteiger partial charge is 0.464 e. The van der Waals surface area contributed by atoms with Gasteiger partial charge in [-0.2, -0.15) is 0 Å². The fourth-order valence-corrected chi connectivity index (χ4v) is 1.99. The average Bonchev–Trinajstić information content (AvgIpc) is 2.77. The Bertz CT molecular complexity index is 464. The number of hydrogen-bond donors (Lipinski definition) is 1. The third-order valence-corrected chi connectivity index (χ3v) is 3.02. The van der Waals surface area contributed by atoms with Crippen LogP contribution in [0.5, 0.6) is 0 Å². The first kappa shape index (κ1) is 12.1. The highest BCUT2D eigenvalue weighted by Crippen LogP contribution is 2.21. The zero-order chi connectivity index (χ0) is 12.1. The zero-order valence-corrected chi connectivity index (χ0v) is 10.2. The van der Waals surface area contributed by atoms with E-state index in [1.54, 1.807) is 0 Å². The molecule has 0 aliphatic carbocycles. The van der Waals surface area contributed by atoms with Crippen molar-refractivity contribution in [3.8, 4) is 0 Å². The van der Waals surface area contributed by atoms with E-state index in [0.717, 1.165) is 31.5 Å². The van der Waals surface area contributed by atoms with Crippen LogP contribution in [0.25, 0.3) is 11.0 Å². The second-order valence-corrected chi connectivity index (χ2v) is 4.39. The van der Waals surface area contributed by atoms with Gasteiger partial charge in [0.2, 0.25) is 0 Å². The maximum atomic E-state index is 8.77. The van der Waals surface area contributed by atoms with Gasteiger partial charge in [0, 0.05) is 25.1 Å². The number of likely N-dealkylation sites (N-methyl/N-ethyl adjacent to an activating group) is 1. The Morgan fingerprint density at radius 3 is 2.88 bits per heavy atom. The molecule has 1 aromatic carbocycles. The molecule has 2 rings (SSSR count). The highest BCUT2D eigenvalue weighted by atomic mass is 16.3. The van der Waals surface area contributed by atoms with Gasteiger partial charge in [-0.15, -0.1) is 0 Å². The molecule has 92 valence electrons. The van der Waals surface area contributed by atoms with Crippen molar-refractivity contribution in [2.45, 2.75) is 12.8 Å². The van der Waals surface area contributed by atoms with E-state index in [4.69, 9.17) is 9.52 Å². The standard InChI is InChI=1S/C14H19NO2/c1-15(8-4-10-16)9-7-12-11-17-14-6-3-2-5-13(12)14/h2-3,5-6,11,16H,4,7-10H2,1H3. The summed E-state index contributed by atoms with van der Waals surface area (Å²) in [6.07, 6.45) is 3.67. The minimum atomic E-state index is 0.263. The van der Waals surface area contributed by atoms with Crippen molar-refractivity contribution in [3.63, 3.8) is 0 Å². The number of fused-ring (bicyclic) bond motifs is 1. The second-order valence-electron chi connectivity index (χ2n) is 4.39. The lowest BCUT2D eigenvalue weighted by molar-refractivity contribution is 0.248. The van der Waals surface area contributed by atoms with E-state index in [-0.39, 0.29) is 6.61 Å². The molecule has 2 aromatic rings. The molecule has 0 bridgehead atoms. The van der Waals surface area contributed by atoms with Gasteiger partial charge in [0.25, 0.3) is 0 Å². The number of aliphatic hydroxyl groups excluding tert-OH is 1. The Balaban J connectivity index is 1.95. The Hall–Kier alpha value is -1.32. The third kappa shape index (κ3) is 3.08. The summed E-state index contributed by atoms with van der Waals surface area (Å²) < 4.78 is 5.50. The van der Waals surface area contributed by atoms with E-state index in [9.17, 15) is 0 Å². The molecule has 1 aromatic heterocycles. The lowest BCUT2D eigenvalue weighted by atomic mass is 10.1. The van der Waals surface area contributed by atoms with Gasteiger partial charge in [0.05, 0.1) is 6.26 Å². The molecule has 0 amide bonds. The van der Waals surface area contributed by atoms with E-state index in [0.29, 0.717) is 0 Å². The van der Waals surface area contributed by atoms with Crippen molar-refractivity contribution >= 4 is 11.0 Å². The quantitative estimate of drug-likeness (QED) is 0.831. The number of rotatable bonds is 6. The van der Waals surface area contributed by atoms with Crippen LogP contribution in [0.2, 0.25) is 0 Å². The molecule has 0 radical (unpaired) electrons. The van der Waals surface area contributed by atoms with Crippen molar-refractivity contribution in [1.29, 1.82) is 0 Å². The summed E-state index contributed by atoms with van der Waals surface area (Å²) in [5.41, 5.74) is 2.22. The molecule has 0 spiro atoms. The maximum absolute atomic E-state index is 8.77. The lowest BCUT2D eigenvalue weighted by Gasteiger charge is -2.14. The van der Waals surface area contributed by atoms with Crippen molar-refractivity contribution in [2.75, 3.05) is 26.7 Å². The van der Waals surface area contributed by atoms with E-state index in [1.165, 1.54) is 10.9 Å². The first-order valence-corrected chi connectivity index (χ1v) is 6.06. The molecular formula is C14H19NO2. The van der Waals surface area contributed by atoms with Crippen LogP contribution in [0.4, 0.5) is 0 Å². The summed E-state index contributed by atoms with van der Waals surface area (Å²) in [6.45, 7) is 2.19. The molecular weight excluding hydrogens is 214 g/mol. The summed E-state index contributed by atoms with van der Waals surface area (Å²) in [7, 11) is 2.08. The Morgan fingerprint density at radius 2 is 2.06 bits per heavy atom. The highest BCUT2D eigenvalue weighted by molar-refractivity contribution is 5.80. The monoisotopic (exact) mass is 233 g/mol. The Labute approximate surface area is 102 Å². The van der Waals surface area contributed by atoms with Crippen molar-refractivity contribution in [1.82, 2.24) is 4.90 Å². The SMILES string of the molecule is CN(CCCO)CCc1coc2ccccc12. The van der Waals surface area contributed by atoms with Crippen LogP contribution >= 0.6 is 0 Å². The zero-order valence-electron chi connectivity index (χ0n) is 10.2. The molecule has 0 atom stereocenters. The smallest absolute Gasteiger partial charge is 0.134 e. The molecule has 3 nitrogen and oxygen atoms in total. The van der Waals surface area contributed by atoms with Gasteiger partial charge in [0.1, 0.15) is 5.58 Å². The molecule has 1 heterocycles. The van der Waals surface area contributed by atoms with Crippen LogP contribution in [0.15, 0.2) is 34.9 Å². The van der Waals surface area contributed by atoms with Crippen LogP contribution in [0.3, 0.4) is 0 Å². The summed E-state index contributed by atoms with van der Waals surface area (Å²) in [5.74, 6) is 0. The number of benzene rings is 1. The van der Waals surface area contributed by atoms with Crippen molar-refractivity contribution in [3.05, 3.63) is 36.1 Å². The van der Waals surface area contributed by atoms with Crippen LogP contribution in [0, 0.1) is 0 Å². The van der Waals surface area contributed by atoms with Gasteiger partial charge in [-0.05, 0) is 31.5 Å². The minimum Gasteiger partial charge on any atom is -0.464 e. The third-order valence-electron chi connectivity index (χ3n) is 3.02. The molecule has 3 heteroatoms. The van der Waals surface area contributed by atoms with Gasteiger partial charge in [-0.25, -0.2) is 0 Å². The average molecular weight is 233 g/mol. The van der Waals surface area contributed by atoms with Gasteiger partial charge >= 0.3 is 0 Å². The second kappa shape index (κ2) is 5.84. The summed E-state index contributed by atoms with van der Waals surface area (Å²) in [4.78, 5) is 2.23. The molecule has 0 saturated heterocycles. The number of furan rings is 1. The molecule has 0 saturated carbocycles. The Kier molecular flexibility index (Phi) is 4.18. The Morgan fingerprint density at radius 1 is 1.24 bits per heavy atom. The molecule has 0 aliphatic rings. The predicted octanol–water partition coefficient (Wildman–Crippen LogP) is 2.29. The number of hydrogen-bond acceptors (Lipinski definition) is 3. The number of aliphatic hydroxyl groups is 1. The van der Waals surface area contributed by atoms with Gasteiger partial charge in [0.15, 0.2) is 0 Å². The summed E-state index contributed by atoms with van der Waals surface area (Å²) in [6, 6.07) is 8.12. The van der Waals surface area contributed by atoms with Gasteiger partial charge in [-0.1, -0.05) is 18.2 Å². The van der Waals surface area contributed by atoms with Crippen molar-refractivity contribution < 1.29 is 9.52 Å². The van der Waals surface area contributed by atoms with Crippen LogP contribution in [0.1, 0.15) is 12.0 Å². The molecule has 0 aliphatic heterocycles. The van der Waals surface area contributed by atoms with Crippen LogP contribution < -0.4 is 0 Å². The van der Waals surface area contributed by atoms with E-state index < -0.39 is 0 Å².